The van der Waals surface area contributed by atoms with Crippen molar-refractivity contribution in [3.05, 3.63) is 48.5 Å². The molecule has 2 aromatic carbocycles. The van der Waals surface area contributed by atoms with E-state index in [0.29, 0.717) is 6.54 Å². The van der Waals surface area contributed by atoms with Crippen LogP contribution in [0.1, 0.15) is 19.3 Å². The van der Waals surface area contributed by atoms with E-state index < -0.39 is 0 Å². The van der Waals surface area contributed by atoms with Gasteiger partial charge < -0.3 is 20.0 Å². The normalized spacial score (nSPS) is 19.0. The van der Waals surface area contributed by atoms with Crippen molar-refractivity contribution in [3.8, 4) is 0 Å². The average molecular weight is 393 g/mol. The second-order valence-electron chi connectivity index (χ2n) is 8.05. The molecule has 29 heavy (non-hydrogen) atoms. The van der Waals surface area contributed by atoms with Crippen LogP contribution in [0.25, 0.3) is 0 Å². The number of nitrogens with zero attached hydrogens (tertiary/aromatic N) is 3. The molecule has 2 heterocycles. The smallest absolute Gasteiger partial charge is 0.229 e. The molecule has 2 fully saturated rings. The minimum atomic E-state index is -0.344. The molecule has 6 heteroatoms. The molecule has 152 valence electrons. The second kappa shape index (κ2) is 8.15. The van der Waals surface area contributed by atoms with E-state index in [1.54, 1.807) is 4.90 Å². The predicted octanol–water partition coefficient (Wildman–Crippen LogP) is 3.34. The van der Waals surface area contributed by atoms with Gasteiger partial charge in [0, 0.05) is 62.9 Å². The first-order valence-corrected chi connectivity index (χ1v) is 10.2. The molecule has 2 aliphatic heterocycles. The van der Waals surface area contributed by atoms with Crippen molar-refractivity contribution in [1.82, 2.24) is 0 Å². The van der Waals surface area contributed by atoms with Gasteiger partial charge in [-0.05, 0) is 55.3 Å². The zero-order valence-electron chi connectivity index (χ0n) is 17.1. The largest absolute Gasteiger partial charge is 0.378 e. The standard InChI is InChI=1S/C23H28N4O2/c1-25(2)21-7-5-6-18(15-21)24-23(29)17-14-22(28)27(16-17)20-10-8-19(9-11-20)26-12-3-4-13-26/h5-11,15,17H,3-4,12-14,16H2,1-2H3,(H,24,29). The second-order valence-corrected chi connectivity index (χ2v) is 8.05. The fourth-order valence-corrected chi connectivity index (χ4v) is 4.06. The zero-order chi connectivity index (χ0) is 20.4. The average Bonchev–Trinajstić information content (AvgIpc) is 3.38. The van der Waals surface area contributed by atoms with Gasteiger partial charge >= 0.3 is 0 Å². The maximum absolute atomic E-state index is 12.7. The number of amides is 2. The number of anilines is 4. The lowest BCUT2D eigenvalue weighted by atomic mass is 10.1. The van der Waals surface area contributed by atoms with Gasteiger partial charge in [-0.3, -0.25) is 9.59 Å². The van der Waals surface area contributed by atoms with Crippen molar-refractivity contribution in [2.45, 2.75) is 19.3 Å². The summed E-state index contributed by atoms with van der Waals surface area (Å²) in [5.74, 6) is -0.449. The molecule has 4 rings (SSSR count). The van der Waals surface area contributed by atoms with E-state index in [-0.39, 0.29) is 24.2 Å². The number of hydrogen-bond donors (Lipinski definition) is 1. The summed E-state index contributed by atoms with van der Waals surface area (Å²) in [6.07, 6.45) is 2.72. The van der Waals surface area contributed by atoms with Crippen molar-refractivity contribution in [2.75, 3.05) is 53.7 Å². The van der Waals surface area contributed by atoms with Gasteiger partial charge in [-0.2, -0.15) is 0 Å². The van der Waals surface area contributed by atoms with E-state index in [1.807, 2.05) is 55.4 Å². The first kappa shape index (κ1) is 19.3. The highest BCUT2D eigenvalue weighted by atomic mass is 16.2. The Bertz CT molecular complexity index is 888. The highest BCUT2D eigenvalue weighted by Gasteiger charge is 2.35. The van der Waals surface area contributed by atoms with Gasteiger partial charge in [0.15, 0.2) is 0 Å². The molecule has 2 aliphatic rings. The van der Waals surface area contributed by atoms with Crippen LogP contribution in [-0.4, -0.2) is 45.5 Å². The van der Waals surface area contributed by atoms with Crippen LogP contribution in [0.15, 0.2) is 48.5 Å². The van der Waals surface area contributed by atoms with E-state index >= 15 is 0 Å². The van der Waals surface area contributed by atoms with E-state index in [1.165, 1.54) is 18.5 Å². The summed E-state index contributed by atoms with van der Waals surface area (Å²) < 4.78 is 0. The fourth-order valence-electron chi connectivity index (χ4n) is 4.06. The Kier molecular flexibility index (Phi) is 5.43. The van der Waals surface area contributed by atoms with Gasteiger partial charge in [0.2, 0.25) is 11.8 Å². The van der Waals surface area contributed by atoms with Crippen molar-refractivity contribution in [1.29, 1.82) is 0 Å². The Morgan fingerprint density at radius 1 is 1.03 bits per heavy atom. The van der Waals surface area contributed by atoms with E-state index in [0.717, 1.165) is 30.2 Å². The first-order valence-electron chi connectivity index (χ1n) is 10.2. The van der Waals surface area contributed by atoms with Gasteiger partial charge in [0.05, 0.1) is 5.92 Å². The Balaban J connectivity index is 1.40. The lowest BCUT2D eigenvalue weighted by molar-refractivity contribution is -0.122. The first-order chi connectivity index (χ1) is 14.0. The minimum absolute atomic E-state index is 0.00103. The topological polar surface area (TPSA) is 55.9 Å². The van der Waals surface area contributed by atoms with Crippen LogP contribution in [0.2, 0.25) is 0 Å². The van der Waals surface area contributed by atoms with Crippen LogP contribution in [0, 0.1) is 5.92 Å². The molecule has 1 N–H and O–H groups in total. The van der Waals surface area contributed by atoms with Crippen molar-refractivity contribution >= 4 is 34.6 Å². The number of benzene rings is 2. The van der Waals surface area contributed by atoms with Crippen molar-refractivity contribution in [3.63, 3.8) is 0 Å². The molecule has 0 bridgehead atoms. The summed E-state index contributed by atoms with van der Waals surface area (Å²) >= 11 is 0. The Morgan fingerprint density at radius 2 is 1.72 bits per heavy atom. The molecular weight excluding hydrogens is 364 g/mol. The number of hydrogen-bond acceptors (Lipinski definition) is 4. The highest BCUT2D eigenvalue weighted by Crippen LogP contribution is 2.29. The van der Waals surface area contributed by atoms with Crippen LogP contribution < -0.4 is 20.0 Å². The maximum Gasteiger partial charge on any atom is 0.229 e. The van der Waals surface area contributed by atoms with Crippen LogP contribution in [0.5, 0.6) is 0 Å². The summed E-state index contributed by atoms with van der Waals surface area (Å²) in [7, 11) is 3.92. The quantitative estimate of drug-likeness (QED) is 0.848. The van der Waals surface area contributed by atoms with Crippen LogP contribution in [0.4, 0.5) is 22.7 Å². The number of carbonyl (C=O) groups excluding carboxylic acids is 2. The summed E-state index contributed by atoms with van der Waals surface area (Å²) in [5.41, 5.74) is 3.84. The number of rotatable bonds is 5. The summed E-state index contributed by atoms with van der Waals surface area (Å²) in [4.78, 5) is 31.4. The number of nitrogens with one attached hydrogen (secondary N) is 1. The third kappa shape index (κ3) is 4.21. The Morgan fingerprint density at radius 3 is 2.41 bits per heavy atom. The molecule has 0 aromatic heterocycles. The molecule has 0 radical (unpaired) electrons. The van der Waals surface area contributed by atoms with Crippen LogP contribution >= 0.6 is 0 Å². The lowest BCUT2D eigenvalue weighted by Crippen LogP contribution is -2.28. The zero-order valence-corrected chi connectivity index (χ0v) is 17.1. The third-order valence-corrected chi connectivity index (χ3v) is 5.76. The number of carbonyl (C=O) groups is 2. The Hall–Kier alpha value is -3.02. The van der Waals surface area contributed by atoms with Gasteiger partial charge in [-0.1, -0.05) is 6.07 Å². The van der Waals surface area contributed by atoms with Gasteiger partial charge in [0.1, 0.15) is 0 Å². The van der Waals surface area contributed by atoms with Gasteiger partial charge in [-0.25, -0.2) is 0 Å². The van der Waals surface area contributed by atoms with E-state index in [9.17, 15) is 9.59 Å². The molecular formula is C23H28N4O2. The summed E-state index contributed by atoms with van der Waals surface area (Å²) in [6, 6.07) is 15.8. The summed E-state index contributed by atoms with van der Waals surface area (Å²) in [5, 5.41) is 2.97. The molecule has 1 atom stereocenters. The Labute approximate surface area is 172 Å². The fraction of sp³-hybridized carbons (Fsp3) is 0.391. The molecule has 0 aliphatic carbocycles. The van der Waals surface area contributed by atoms with Crippen molar-refractivity contribution in [2.24, 2.45) is 5.92 Å². The molecule has 0 saturated carbocycles. The van der Waals surface area contributed by atoms with Crippen LogP contribution in [0.3, 0.4) is 0 Å². The maximum atomic E-state index is 12.7. The minimum Gasteiger partial charge on any atom is -0.378 e. The SMILES string of the molecule is CN(C)c1cccc(NC(=O)C2CC(=O)N(c3ccc(N4CCCC4)cc3)C2)c1. The van der Waals surface area contributed by atoms with Crippen LogP contribution in [-0.2, 0) is 9.59 Å². The van der Waals surface area contributed by atoms with Gasteiger partial charge in [-0.15, -0.1) is 0 Å². The molecule has 0 spiro atoms. The summed E-state index contributed by atoms with van der Waals surface area (Å²) in [6.45, 7) is 2.61. The third-order valence-electron chi connectivity index (χ3n) is 5.76. The lowest BCUT2D eigenvalue weighted by Gasteiger charge is -2.21. The monoisotopic (exact) mass is 392 g/mol. The van der Waals surface area contributed by atoms with E-state index in [4.69, 9.17) is 0 Å². The van der Waals surface area contributed by atoms with Crippen molar-refractivity contribution < 1.29 is 9.59 Å². The molecule has 2 aromatic rings. The van der Waals surface area contributed by atoms with E-state index in [2.05, 4.69) is 22.3 Å². The molecule has 2 amide bonds. The highest BCUT2D eigenvalue weighted by molar-refractivity contribution is 6.03. The predicted molar refractivity (Wildman–Crippen MR) is 118 cm³/mol. The molecule has 1 unspecified atom stereocenters. The van der Waals surface area contributed by atoms with Gasteiger partial charge in [0.25, 0.3) is 0 Å². The molecule has 2 saturated heterocycles. The molecule has 6 nitrogen and oxygen atoms in total.